The van der Waals surface area contributed by atoms with Crippen LogP contribution in [-0.2, 0) is 9.84 Å². The van der Waals surface area contributed by atoms with E-state index in [2.05, 4.69) is 4.99 Å². The van der Waals surface area contributed by atoms with Crippen LogP contribution < -0.4 is 0 Å². The summed E-state index contributed by atoms with van der Waals surface area (Å²) in [5.41, 5.74) is -3.10. The molecular weight excluding hydrogens is 405 g/mol. The number of amidine groups is 1. The predicted octanol–water partition coefficient (Wildman–Crippen LogP) is 2.85. The van der Waals surface area contributed by atoms with Gasteiger partial charge in [-0.05, 0) is 30.3 Å². The van der Waals surface area contributed by atoms with Crippen molar-refractivity contribution in [2.45, 2.75) is 28.2 Å². The van der Waals surface area contributed by atoms with E-state index in [1.54, 1.807) is 18.2 Å². The SMILES string of the molecule is CS(=O)(=O)c1ccc(C2=NC(O)(C(F)(F)F)CN2C2(Cl)C=CC=CC2)cc1. The minimum absolute atomic E-state index is 0.0172. The summed E-state index contributed by atoms with van der Waals surface area (Å²) in [5, 5.41) is 10.1. The normalized spacial score (nSPS) is 28.5. The molecule has 0 bridgehead atoms. The molecule has 3 rings (SSSR count). The molecule has 5 nitrogen and oxygen atoms in total. The van der Waals surface area contributed by atoms with E-state index in [4.69, 9.17) is 11.6 Å². The maximum Gasteiger partial charge on any atom is 0.440 e. The Bertz CT molecular complexity index is 941. The quantitative estimate of drug-likeness (QED) is 0.603. The molecule has 2 unspecified atom stereocenters. The molecule has 0 spiro atoms. The van der Waals surface area contributed by atoms with E-state index in [1.165, 1.54) is 35.2 Å². The van der Waals surface area contributed by atoms with Gasteiger partial charge in [-0.15, -0.1) is 0 Å². The predicted molar refractivity (Wildman–Crippen MR) is 95.3 cm³/mol. The fraction of sp³-hybridized carbons (Fsp3) is 0.353. The van der Waals surface area contributed by atoms with Crippen LogP contribution in [0.15, 0.2) is 58.5 Å². The summed E-state index contributed by atoms with van der Waals surface area (Å²) in [4.78, 5) is 3.40. The van der Waals surface area contributed by atoms with Gasteiger partial charge in [-0.3, -0.25) is 0 Å². The van der Waals surface area contributed by atoms with E-state index in [9.17, 15) is 26.7 Å². The number of hydrogen-bond acceptors (Lipinski definition) is 5. The van der Waals surface area contributed by atoms with E-state index < -0.39 is 33.3 Å². The van der Waals surface area contributed by atoms with Gasteiger partial charge < -0.3 is 10.0 Å². The average molecular weight is 421 g/mol. The third kappa shape index (κ3) is 3.63. The number of rotatable bonds is 3. The molecule has 0 amide bonds. The van der Waals surface area contributed by atoms with Crippen molar-refractivity contribution in [2.75, 3.05) is 12.8 Å². The van der Waals surface area contributed by atoms with Crippen molar-refractivity contribution in [3.8, 4) is 0 Å². The second-order valence-corrected chi connectivity index (χ2v) is 9.11. The van der Waals surface area contributed by atoms with Crippen LogP contribution in [0.1, 0.15) is 12.0 Å². The molecule has 0 radical (unpaired) electrons. The molecule has 1 aromatic rings. The lowest BCUT2D eigenvalue weighted by Crippen LogP contribution is -2.52. The first-order valence-corrected chi connectivity index (χ1v) is 10.1. The Hall–Kier alpha value is -1.84. The lowest BCUT2D eigenvalue weighted by molar-refractivity contribution is -0.255. The lowest BCUT2D eigenvalue weighted by Gasteiger charge is -2.38. The van der Waals surface area contributed by atoms with E-state index >= 15 is 0 Å². The van der Waals surface area contributed by atoms with Gasteiger partial charge in [-0.2, -0.15) is 13.2 Å². The Balaban J connectivity index is 2.08. The standard InChI is InChI=1S/C17H16ClF3N2O3S/c1-27(25,26)13-7-5-12(6-8-13)14-22-16(24,17(19,20)21)11-23(14)15(18)9-3-2-4-10-15/h2-9,24H,10-11H2,1H3. The fourth-order valence-electron chi connectivity index (χ4n) is 2.88. The maximum absolute atomic E-state index is 13.4. The zero-order chi connectivity index (χ0) is 20.1. The molecule has 2 aliphatic rings. The topological polar surface area (TPSA) is 70.0 Å². The van der Waals surface area contributed by atoms with Crippen LogP contribution in [0.4, 0.5) is 13.2 Å². The van der Waals surface area contributed by atoms with Crippen molar-refractivity contribution in [3.05, 3.63) is 54.1 Å². The minimum atomic E-state index is -5.00. The van der Waals surface area contributed by atoms with Gasteiger partial charge in [0.25, 0.3) is 5.72 Å². The maximum atomic E-state index is 13.4. The van der Waals surface area contributed by atoms with Crippen LogP contribution in [0.3, 0.4) is 0 Å². The number of benzene rings is 1. The van der Waals surface area contributed by atoms with E-state index in [-0.39, 0.29) is 22.7 Å². The number of nitrogens with zero attached hydrogens (tertiary/aromatic N) is 2. The Kier molecular flexibility index (Phi) is 4.69. The molecule has 1 heterocycles. The van der Waals surface area contributed by atoms with Gasteiger partial charge in [0.15, 0.2) is 9.84 Å². The molecule has 2 atom stereocenters. The number of aliphatic hydroxyl groups is 1. The zero-order valence-corrected chi connectivity index (χ0v) is 15.7. The van der Waals surface area contributed by atoms with Gasteiger partial charge in [0, 0.05) is 18.2 Å². The fourth-order valence-corrected chi connectivity index (χ4v) is 3.81. The largest absolute Gasteiger partial charge is 0.440 e. The van der Waals surface area contributed by atoms with Gasteiger partial charge >= 0.3 is 6.18 Å². The highest BCUT2D eigenvalue weighted by molar-refractivity contribution is 7.90. The highest BCUT2D eigenvalue weighted by Crippen LogP contribution is 2.42. The summed E-state index contributed by atoms with van der Waals surface area (Å²) < 4.78 is 63.3. The highest BCUT2D eigenvalue weighted by atomic mass is 35.5. The Morgan fingerprint density at radius 3 is 2.33 bits per heavy atom. The van der Waals surface area contributed by atoms with Gasteiger partial charge in [-0.1, -0.05) is 29.8 Å². The first kappa shape index (κ1) is 19.9. The van der Waals surface area contributed by atoms with Gasteiger partial charge in [0.05, 0.1) is 11.4 Å². The molecule has 0 fully saturated rings. The summed E-state index contributed by atoms with van der Waals surface area (Å²) >= 11 is 6.54. The zero-order valence-electron chi connectivity index (χ0n) is 14.1. The summed E-state index contributed by atoms with van der Waals surface area (Å²) in [6.45, 7) is -0.874. The van der Waals surface area contributed by atoms with Gasteiger partial charge in [0.2, 0.25) is 0 Å². The van der Waals surface area contributed by atoms with Crippen molar-refractivity contribution in [3.63, 3.8) is 0 Å². The second-order valence-electron chi connectivity index (χ2n) is 6.44. The number of hydrogen-bond donors (Lipinski definition) is 1. The number of aliphatic imine (C=N–C) groups is 1. The second kappa shape index (κ2) is 6.35. The van der Waals surface area contributed by atoms with E-state index in [0.717, 1.165) is 6.26 Å². The average Bonchev–Trinajstić information content (AvgIpc) is 2.95. The van der Waals surface area contributed by atoms with Crippen LogP contribution >= 0.6 is 11.6 Å². The van der Waals surface area contributed by atoms with Crippen molar-refractivity contribution < 1.29 is 26.7 Å². The van der Waals surface area contributed by atoms with E-state index in [0.29, 0.717) is 0 Å². The molecule has 0 saturated carbocycles. The Morgan fingerprint density at radius 1 is 1.22 bits per heavy atom. The number of allylic oxidation sites excluding steroid dienone is 2. The molecule has 1 aromatic carbocycles. The Morgan fingerprint density at radius 2 is 1.85 bits per heavy atom. The summed E-state index contributed by atoms with van der Waals surface area (Å²) in [6.07, 6.45) is 2.77. The lowest BCUT2D eigenvalue weighted by atomic mass is 10.0. The third-order valence-electron chi connectivity index (χ3n) is 4.37. The molecule has 1 N–H and O–H groups in total. The van der Waals surface area contributed by atoms with E-state index in [1.807, 2.05) is 0 Å². The van der Waals surface area contributed by atoms with Crippen molar-refractivity contribution >= 4 is 27.3 Å². The molecule has 27 heavy (non-hydrogen) atoms. The molecule has 146 valence electrons. The summed E-state index contributed by atoms with van der Waals surface area (Å²) in [6, 6.07) is 5.22. The monoisotopic (exact) mass is 420 g/mol. The minimum Gasteiger partial charge on any atom is -0.361 e. The van der Waals surface area contributed by atoms with Crippen LogP contribution in [0.5, 0.6) is 0 Å². The van der Waals surface area contributed by atoms with Crippen molar-refractivity contribution in [2.24, 2.45) is 4.99 Å². The molecular formula is C17H16ClF3N2O3S. The van der Waals surface area contributed by atoms with Gasteiger partial charge in [0.1, 0.15) is 10.8 Å². The summed E-state index contributed by atoms with van der Waals surface area (Å²) in [5.74, 6) is -0.162. The highest BCUT2D eigenvalue weighted by Gasteiger charge is 2.60. The summed E-state index contributed by atoms with van der Waals surface area (Å²) in [7, 11) is -3.46. The van der Waals surface area contributed by atoms with Crippen LogP contribution in [0.2, 0.25) is 0 Å². The van der Waals surface area contributed by atoms with Crippen LogP contribution in [-0.4, -0.2) is 54.0 Å². The number of β-amino-alcohol motifs (C(OH)–C–C–N with tert-alkyl or cyclic N) is 1. The molecule has 1 aliphatic heterocycles. The molecule has 0 saturated heterocycles. The molecule has 0 aromatic heterocycles. The van der Waals surface area contributed by atoms with Crippen LogP contribution in [0.25, 0.3) is 0 Å². The Labute approximate surface area is 159 Å². The molecule has 10 heteroatoms. The first-order chi connectivity index (χ1) is 12.4. The number of alkyl halides is 4. The van der Waals surface area contributed by atoms with Crippen LogP contribution in [0, 0.1) is 0 Å². The first-order valence-electron chi connectivity index (χ1n) is 7.86. The van der Waals surface area contributed by atoms with Crippen molar-refractivity contribution in [1.82, 2.24) is 4.90 Å². The van der Waals surface area contributed by atoms with Crippen molar-refractivity contribution in [1.29, 1.82) is 0 Å². The third-order valence-corrected chi connectivity index (χ3v) is 5.98. The number of halogens is 4. The molecule has 1 aliphatic carbocycles. The smallest absolute Gasteiger partial charge is 0.361 e. The van der Waals surface area contributed by atoms with Gasteiger partial charge in [-0.25, -0.2) is 13.4 Å². The number of sulfone groups is 1.